The van der Waals surface area contributed by atoms with Crippen molar-refractivity contribution >= 4 is 16.1 Å². The summed E-state index contributed by atoms with van der Waals surface area (Å²) in [6.45, 7) is 6.75. The summed E-state index contributed by atoms with van der Waals surface area (Å²) in [6.07, 6.45) is -0.210. The number of ether oxygens (including phenoxy) is 3. The molecule has 1 saturated carbocycles. The maximum absolute atomic E-state index is 13.6. The number of methoxy groups -OCH3 is 1. The van der Waals surface area contributed by atoms with Crippen molar-refractivity contribution in [2.24, 2.45) is 17.8 Å². The van der Waals surface area contributed by atoms with E-state index in [0.717, 1.165) is 18.6 Å². The van der Waals surface area contributed by atoms with Crippen molar-refractivity contribution < 1.29 is 32.5 Å². The van der Waals surface area contributed by atoms with Crippen LogP contribution in [0.3, 0.4) is 0 Å². The van der Waals surface area contributed by atoms with Crippen molar-refractivity contribution in [2.75, 3.05) is 26.8 Å². The van der Waals surface area contributed by atoms with Gasteiger partial charge in [-0.15, -0.1) is 0 Å². The molecule has 4 rings (SSSR count). The lowest BCUT2D eigenvalue weighted by Gasteiger charge is -2.31. The molecule has 2 aromatic carbocycles. The number of fused-ring (bicyclic) bond motifs is 1. The van der Waals surface area contributed by atoms with Gasteiger partial charge < -0.3 is 24.6 Å². The maximum atomic E-state index is 13.6. The monoisotopic (exact) mass is 574 g/mol. The number of hydrogen-bond acceptors (Lipinski definition) is 7. The highest BCUT2D eigenvalue weighted by Crippen LogP contribution is 2.40. The van der Waals surface area contributed by atoms with Gasteiger partial charge in [0.1, 0.15) is 11.9 Å². The van der Waals surface area contributed by atoms with E-state index in [2.05, 4.69) is 12.2 Å². The number of benzene rings is 2. The molecule has 0 aromatic heterocycles. The molecule has 1 amide bonds. The molecule has 40 heavy (non-hydrogen) atoms. The first-order valence-electron chi connectivity index (χ1n) is 14.0. The second kappa shape index (κ2) is 13.3. The lowest BCUT2D eigenvalue weighted by Crippen LogP contribution is -2.51. The van der Waals surface area contributed by atoms with Gasteiger partial charge in [0.15, 0.2) is 0 Å². The number of rotatable bonds is 12. The summed E-state index contributed by atoms with van der Waals surface area (Å²) in [5, 5.41) is 14.2. The van der Waals surface area contributed by atoms with Crippen LogP contribution >= 0.6 is 0 Å². The number of nitrogens with zero attached hydrogens (tertiary/aromatic N) is 1. The van der Waals surface area contributed by atoms with Crippen molar-refractivity contribution in [2.45, 2.75) is 69.3 Å². The van der Waals surface area contributed by atoms with Crippen LogP contribution in [0.5, 0.6) is 5.75 Å². The van der Waals surface area contributed by atoms with Crippen LogP contribution < -0.4 is 10.1 Å². The lowest BCUT2D eigenvalue weighted by atomic mass is 9.94. The minimum Gasteiger partial charge on any atom is -0.497 e. The van der Waals surface area contributed by atoms with Gasteiger partial charge in [-0.05, 0) is 60.4 Å². The van der Waals surface area contributed by atoms with Gasteiger partial charge in [-0.1, -0.05) is 51.1 Å². The second-order valence-electron chi connectivity index (χ2n) is 11.4. The molecule has 0 radical (unpaired) electrons. The molecule has 1 aliphatic heterocycles. The van der Waals surface area contributed by atoms with Gasteiger partial charge >= 0.3 is 6.09 Å². The molecular formula is C30H42N2O7S. The molecular weight excluding hydrogens is 532 g/mol. The molecule has 0 spiro atoms. The predicted octanol–water partition coefficient (Wildman–Crippen LogP) is 3.85. The number of hydrogen-bond donors (Lipinski definition) is 2. The van der Waals surface area contributed by atoms with E-state index in [1.807, 2.05) is 44.2 Å². The van der Waals surface area contributed by atoms with Gasteiger partial charge in [-0.2, -0.15) is 4.31 Å². The maximum Gasteiger partial charge on any atom is 0.407 e. The van der Waals surface area contributed by atoms with E-state index in [9.17, 15) is 18.3 Å². The van der Waals surface area contributed by atoms with Crippen LogP contribution in [0.2, 0.25) is 0 Å². The molecule has 0 bridgehead atoms. The zero-order valence-corrected chi connectivity index (χ0v) is 24.5. The van der Waals surface area contributed by atoms with Crippen molar-refractivity contribution in [3.8, 4) is 5.75 Å². The Bertz CT molecular complexity index is 1210. The highest BCUT2D eigenvalue weighted by Gasteiger charge is 2.44. The van der Waals surface area contributed by atoms with Gasteiger partial charge in [0, 0.05) is 26.1 Å². The van der Waals surface area contributed by atoms with Crippen molar-refractivity contribution in [3.63, 3.8) is 0 Å². The smallest absolute Gasteiger partial charge is 0.407 e. The average Bonchev–Trinajstić information content (AvgIpc) is 3.48. The van der Waals surface area contributed by atoms with Crippen LogP contribution in [0.25, 0.3) is 0 Å². The Morgan fingerprint density at radius 3 is 2.42 bits per heavy atom. The zero-order valence-electron chi connectivity index (χ0n) is 23.7. The summed E-state index contributed by atoms with van der Waals surface area (Å²) in [5.74, 6) is 1.38. The summed E-state index contributed by atoms with van der Waals surface area (Å²) < 4.78 is 45.3. The zero-order chi connectivity index (χ0) is 28.9. The Morgan fingerprint density at radius 2 is 1.80 bits per heavy atom. The van der Waals surface area contributed by atoms with E-state index in [0.29, 0.717) is 30.4 Å². The van der Waals surface area contributed by atoms with Crippen LogP contribution in [0.4, 0.5) is 4.79 Å². The van der Waals surface area contributed by atoms with Gasteiger partial charge in [-0.3, -0.25) is 0 Å². The molecule has 2 fully saturated rings. The lowest BCUT2D eigenvalue weighted by molar-refractivity contribution is 0.0532. The molecule has 220 valence electrons. The van der Waals surface area contributed by atoms with E-state index < -0.39 is 28.3 Å². The third-order valence-corrected chi connectivity index (χ3v) is 9.65. The molecule has 10 heteroatoms. The van der Waals surface area contributed by atoms with E-state index in [-0.39, 0.29) is 36.1 Å². The Kier molecular flexibility index (Phi) is 10.1. The Balaban J connectivity index is 1.49. The van der Waals surface area contributed by atoms with Crippen LogP contribution in [0.15, 0.2) is 59.5 Å². The van der Waals surface area contributed by atoms with Gasteiger partial charge in [0.2, 0.25) is 10.0 Å². The van der Waals surface area contributed by atoms with Gasteiger partial charge in [0.25, 0.3) is 0 Å². The van der Waals surface area contributed by atoms with E-state index >= 15 is 0 Å². The van der Waals surface area contributed by atoms with Crippen molar-refractivity contribution in [3.05, 3.63) is 60.2 Å². The average molecular weight is 575 g/mol. The predicted molar refractivity (Wildman–Crippen MR) is 152 cm³/mol. The molecule has 2 N–H and O–H groups in total. The summed E-state index contributed by atoms with van der Waals surface area (Å²) in [7, 11) is -2.41. The minimum atomic E-state index is -3.92. The van der Waals surface area contributed by atoms with Crippen LogP contribution in [0.1, 0.15) is 39.2 Å². The van der Waals surface area contributed by atoms with E-state index in [1.165, 1.54) is 23.5 Å². The quantitative estimate of drug-likeness (QED) is 0.396. The number of alkyl carbamates (subject to hydrolysis) is 1. The van der Waals surface area contributed by atoms with Crippen LogP contribution in [0, 0.1) is 17.8 Å². The molecule has 2 aliphatic rings. The topological polar surface area (TPSA) is 114 Å². The largest absolute Gasteiger partial charge is 0.497 e. The molecule has 2 aromatic rings. The normalized spacial score (nSPS) is 24.1. The van der Waals surface area contributed by atoms with E-state index in [4.69, 9.17) is 14.2 Å². The molecule has 6 atom stereocenters. The highest BCUT2D eigenvalue weighted by atomic mass is 32.2. The third-order valence-electron chi connectivity index (χ3n) is 7.81. The molecule has 9 nitrogen and oxygen atoms in total. The molecule has 1 heterocycles. The Morgan fingerprint density at radius 1 is 1.10 bits per heavy atom. The number of amides is 1. The second-order valence-corrected chi connectivity index (χ2v) is 13.3. The number of sulfonamides is 1. The van der Waals surface area contributed by atoms with Gasteiger partial charge in [-0.25, -0.2) is 13.2 Å². The third kappa shape index (κ3) is 7.54. The summed E-state index contributed by atoms with van der Waals surface area (Å²) in [6, 6.07) is 14.9. The first-order chi connectivity index (χ1) is 19.1. The van der Waals surface area contributed by atoms with E-state index in [1.54, 1.807) is 12.1 Å². The Hall–Kier alpha value is -2.66. The first kappa shape index (κ1) is 30.3. The number of carbonyl (C=O) groups is 1. The molecule has 1 saturated heterocycles. The van der Waals surface area contributed by atoms with Crippen LogP contribution in [-0.2, 0) is 25.9 Å². The molecule has 1 aliphatic carbocycles. The minimum absolute atomic E-state index is 0.0112. The van der Waals surface area contributed by atoms with Gasteiger partial charge in [0.05, 0.1) is 30.3 Å². The van der Waals surface area contributed by atoms with Crippen molar-refractivity contribution in [1.82, 2.24) is 9.62 Å². The fraction of sp³-hybridized carbons (Fsp3) is 0.567. The summed E-state index contributed by atoms with van der Waals surface area (Å²) >= 11 is 0. The summed E-state index contributed by atoms with van der Waals surface area (Å²) in [4.78, 5) is 13.1. The standard InChI is InChI=1S/C30H42N2O7S/c1-20(2)17-32(40(35,36)25-12-10-23(37-4)11-13-25)18-28(33)27(14-22-8-6-5-7-9-22)31-30(34)39-24-15-26-21(3)19-38-29(26)16-24/h5-13,20-21,24,26-29,33H,14-19H2,1-4H3,(H,31,34)/t21-,24-,26-,27+,28-,29-/m1/s1. The Labute approximate surface area is 237 Å². The number of aliphatic hydroxyl groups is 1. The number of aliphatic hydroxyl groups excluding tert-OH is 1. The summed E-state index contributed by atoms with van der Waals surface area (Å²) in [5.41, 5.74) is 0.901. The fourth-order valence-electron chi connectivity index (χ4n) is 5.67. The van der Waals surface area contributed by atoms with Crippen LogP contribution in [-0.4, -0.2) is 75.1 Å². The highest BCUT2D eigenvalue weighted by molar-refractivity contribution is 7.89. The molecule has 0 unspecified atom stereocenters. The van der Waals surface area contributed by atoms with Crippen molar-refractivity contribution in [1.29, 1.82) is 0 Å². The first-order valence-corrected chi connectivity index (χ1v) is 15.5. The fourth-order valence-corrected chi connectivity index (χ4v) is 7.29. The SMILES string of the molecule is COc1ccc(S(=O)(=O)N(CC(C)C)C[C@@H](O)[C@H](Cc2ccccc2)NC(=O)O[C@@H]2C[C@@H]3[C@H](C)CO[C@@H]3C2)cc1. The number of nitrogens with one attached hydrogen (secondary N) is 1. The number of carbonyl (C=O) groups excluding carboxylic acids is 1.